The van der Waals surface area contributed by atoms with Crippen LogP contribution in [0.1, 0.15) is 39.5 Å². The second-order valence-electron chi connectivity index (χ2n) is 5.25. The summed E-state index contributed by atoms with van der Waals surface area (Å²) in [6, 6.07) is -0.123. The van der Waals surface area contributed by atoms with Gasteiger partial charge in [0.15, 0.2) is 0 Å². The standard InChI is InChI=1S/C11H25N3O2S/c1-9(2)8-13-17(15,16)14-11(7-12)10-5-3-4-6-10/h9-11,13-14H,3-8,12H2,1-2H3. The van der Waals surface area contributed by atoms with E-state index < -0.39 is 10.2 Å². The Bertz CT molecular complexity index is 311. The third kappa shape index (κ3) is 5.33. The molecule has 5 nitrogen and oxygen atoms in total. The van der Waals surface area contributed by atoms with Crippen molar-refractivity contribution in [1.29, 1.82) is 0 Å². The second kappa shape index (κ2) is 6.68. The van der Waals surface area contributed by atoms with E-state index in [0.29, 0.717) is 24.9 Å². The van der Waals surface area contributed by atoms with Gasteiger partial charge in [-0.15, -0.1) is 0 Å². The van der Waals surface area contributed by atoms with E-state index in [1.165, 1.54) is 12.8 Å². The molecular formula is C11H25N3O2S. The van der Waals surface area contributed by atoms with Gasteiger partial charge in [0.2, 0.25) is 0 Å². The van der Waals surface area contributed by atoms with Crippen LogP contribution in [-0.2, 0) is 10.2 Å². The van der Waals surface area contributed by atoms with Crippen LogP contribution in [-0.4, -0.2) is 27.5 Å². The van der Waals surface area contributed by atoms with Crippen LogP contribution in [0.5, 0.6) is 0 Å². The third-order valence-corrected chi connectivity index (χ3v) is 4.37. The molecule has 1 fully saturated rings. The van der Waals surface area contributed by atoms with Crippen LogP contribution in [0.3, 0.4) is 0 Å². The largest absolute Gasteiger partial charge is 0.329 e. The lowest BCUT2D eigenvalue weighted by atomic mass is 9.99. The van der Waals surface area contributed by atoms with E-state index in [9.17, 15) is 8.42 Å². The van der Waals surface area contributed by atoms with Crippen LogP contribution in [0.15, 0.2) is 0 Å². The van der Waals surface area contributed by atoms with E-state index in [0.717, 1.165) is 12.8 Å². The molecule has 1 atom stereocenters. The van der Waals surface area contributed by atoms with Crippen molar-refractivity contribution in [3.63, 3.8) is 0 Å². The molecule has 0 aromatic heterocycles. The summed E-state index contributed by atoms with van der Waals surface area (Å²) < 4.78 is 28.8. The number of hydrogen-bond donors (Lipinski definition) is 3. The summed E-state index contributed by atoms with van der Waals surface area (Å²) in [5, 5.41) is 0. The van der Waals surface area contributed by atoms with Crippen molar-refractivity contribution >= 4 is 10.2 Å². The summed E-state index contributed by atoms with van der Waals surface area (Å²) in [4.78, 5) is 0. The van der Waals surface area contributed by atoms with E-state index >= 15 is 0 Å². The molecule has 1 saturated carbocycles. The Morgan fingerprint density at radius 2 is 1.88 bits per heavy atom. The maximum absolute atomic E-state index is 11.8. The molecule has 0 aromatic carbocycles. The summed E-state index contributed by atoms with van der Waals surface area (Å²) in [5.41, 5.74) is 5.66. The van der Waals surface area contributed by atoms with Gasteiger partial charge in [-0.1, -0.05) is 26.7 Å². The van der Waals surface area contributed by atoms with Crippen molar-refractivity contribution in [2.75, 3.05) is 13.1 Å². The first-order valence-corrected chi connectivity index (χ1v) is 7.90. The fraction of sp³-hybridized carbons (Fsp3) is 1.00. The molecule has 17 heavy (non-hydrogen) atoms. The smallest absolute Gasteiger partial charge is 0.277 e. The average molecular weight is 263 g/mol. The van der Waals surface area contributed by atoms with Gasteiger partial charge in [-0.05, 0) is 24.7 Å². The average Bonchev–Trinajstić information content (AvgIpc) is 2.77. The molecule has 0 aromatic rings. The maximum atomic E-state index is 11.8. The predicted octanol–water partition coefficient (Wildman–Crippen LogP) is 0.584. The van der Waals surface area contributed by atoms with Crippen LogP contribution in [0.2, 0.25) is 0 Å². The molecule has 0 spiro atoms. The molecule has 1 unspecified atom stereocenters. The molecule has 0 aliphatic heterocycles. The van der Waals surface area contributed by atoms with Crippen molar-refractivity contribution in [3.8, 4) is 0 Å². The van der Waals surface area contributed by atoms with E-state index in [1.54, 1.807) is 0 Å². The first-order valence-electron chi connectivity index (χ1n) is 6.41. The summed E-state index contributed by atoms with van der Waals surface area (Å²) in [7, 11) is -3.41. The molecule has 1 aliphatic rings. The maximum Gasteiger partial charge on any atom is 0.277 e. The highest BCUT2D eigenvalue weighted by Gasteiger charge is 2.27. The molecule has 0 saturated heterocycles. The van der Waals surface area contributed by atoms with Crippen LogP contribution in [0.4, 0.5) is 0 Å². The highest BCUT2D eigenvalue weighted by Crippen LogP contribution is 2.27. The molecule has 1 aliphatic carbocycles. The SMILES string of the molecule is CC(C)CNS(=O)(=O)NC(CN)C1CCCC1. The number of hydrogen-bond acceptors (Lipinski definition) is 3. The summed E-state index contributed by atoms with van der Waals surface area (Å²) in [6.45, 7) is 4.77. The Kier molecular flexibility index (Phi) is 5.85. The van der Waals surface area contributed by atoms with Crippen molar-refractivity contribution in [1.82, 2.24) is 9.44 Å². The molecule has 0 amide bonds. The lowest BCUT2D eigenvalue weighted by Crippen LogP contribution is -2.49. The van der Waals surface area contributed by atoms with Gasteiger partial charge in [-0.3, -0.25) is 0 Å². The van der Waals surface area contributed by atoms with Gasteiger partial charge in [0.05, 0.1) is 0 Å². The fourth-order valence-corrected chi connectivity index (χ4v) is 3.54. The molecule has 102 valence electrons. The predicted molar refractivity (Wildman–Crippen MR) is 69.7 cm³/mol. The van der Waals surface area contributed by atoms with Gasteiger partial charge in [-0.2, -0.15) is 13.1 Å². The van der Waals surface area contributed by atoms with Crippen molar-refractivity contribution in [3.05, 3.63) is 0 Å². The Morgan fingerprint density at radius 3 is 2.35 bits per heavy atom. The zero-order valence-corrected chi connectivity index (χ0v) is 11.6. The topological polar surface area (TPSA) is 84.2 Å². The molecule has 4 N–H and O–H groups in total. The summed E-state index contributed by atoms with van der Waals surface area (Å²) in [6.07, 6.45) is 4.52. The third-order valence-electron chi connectivity index (χ3n) is 3.21. The van der Waals surface area contributed by atoms with Crippen molar-refractivity contribution in [2.45, 2.75) is 45.6 Å². The Hall–Kier alpha value is -0.170. The first-order chi connectivity index (χ1) is 7.94. The number of nitrogens with two attached hydrogens (primary N) is 1. The number of nitrogens with one attached hydrogen (secondary N) is 2. The summed E-state index contributed by atoms with van der Waals surface area (Å²) in [5.74, 6) is 0.699. The van der Waals surface area contributed by atoms with Crippen molar-refractivity contribution < 1.29 is 8.42 Å². The Morgan fingerprint density at radius 1 is 1.29 bits per heavy atom. The van der Waals surface area contributed by atoms with Gasteiger partial charge >= 0.3 is 0 Å². The molecule has 0 bridgehead atoms. The molecule has 1 rings (SSSR count). The molecule has 6 heteroatoms. The van der Waals surface area contributed by atoms with Crippen LogP contribution >= 0.6 is 0 Å². The quantitative estimate of drug-likeness (QED) is 0.628. The van der Waals surface area contributed by atoms with Crippen LogP contribution in [0, 0.1) is 11.8 Å². The summed E-state index contributed by atoms with van der Waals surface area (Å²) >= 11 is 0. The zero-order chi connectivity index (χ0) is 12.9. The highest BCUT2D eigenvalue weighted by atomic mass is 32.2. The number of rotatable bonds is 7. The van der Waals surface area contributed by atoms with E-state index in [-0.39, 0.29) is 6.04 Å². The minimum Gasteiger partial charge on any atom is -0.329 e. The molecule has 0 heterocycles. The van der Waals surface area contributed by atoms with Crippen LogP contribution < -0.4 is 15.2 Å². The monoisotopic (exact) mass is 263 g/mol. The van der Waals surface area contributed by atoms with Gasteiger partial charge in [-0.25, -0.2) is 4.72 Å². The van der Waals surface area contributed by atoms with E-state index in [4.69, 9.17) is 5.73 Å². The molecule has 0 radical (unpaired) electrons. The van der Waals surface area contributed by atoms with E-state index in [1.807, 2.05) is 13.8 Å². The minimum atomic E-state index is -3.41. The van der Waals surface area contributed by atoms with Gasteiger partial charge in [0.25, 0.3) is 10.2 Å². The lowest BCUT2D eigenvalue weighted by Gasteiger charge is -2.23. The normalized spacial score (nSPS) is 20.0. The van der Waals surface area contributed by atoms with Gasteiger partial charge in [0.1, 0.15) is 0 Å². The van der Waals surface area contributed by atoms with E-state index in [2.05, 4.69) is 9.44 Å². The zero-order valence-electron chi connectivity index (χ0n) is 10.8. The first kappa shape index (κ1) is 14.9. The fourth-order valence-electron chi connectivity index (χ4n) is 2.21. The molecular weight excluding hydrogens is 238 g/mol. The highest BCUT2D eigenvalue weighted by molar-refractivity contribution is 7.87. The van der Waals surface area contributed by atoms with Gasteiger partial charge < -0.3 is 5.73 Å². The Balaban J connectivity index is 2.48. The lowest BCUT2D eigenvalue weighted by molar-refractivity contribution is 0.402. The van der Waals surface area contributed by atoms with Gasteiger partial charge in [0, 0.05) is 19.1 Å². The minimum absolute atomic E-state index is 0.123. The van der Waals surface area contributed by atoms with Crippen molar-refractivity contribution in [2.24, 2.45) is 17.6 Å². The van der Waals surface area contributed by atoms with Crippen LogP contribution in [0.25, 0.3) is 0 Å². The Labute approximate surface area is 105 Å². The second-order valence-corrected chi connectivity index (χ2v) is 6.78.